The van der Waals surface area contributed by atoms with Gasteiger partial charge in [-0.05, 0) is 45.1 Å². The number of rotatable bonds is 9. The summed E-state index contributed by atoms with van der Waals surface area (Å²) in [4.78, 5) is 25.0. The maximum atomic E-state index is 12.9. The second-order valence-corrected chi connectivity index (χ2v) is 9.56. The number of hydrogen-bond donors (Lipinski definition) is 1. The number of benzene rings is 1. The molecule has 0 heterocycles. The Morgan fingerprint density at radius 2 is 1.65 bits per heavy atom. The van der Waals surface area contributed by atoms with Crippen molar-refractivity contribution < 1.29 is 9.59 Å². The summed E-state index contributed by atoms with van der Waals surface area (Å²) in [5, 5.41) is 3.60. The second kappa shape index (κ2) is 11.0. The molecule has 1 aromatic rings. The van der Waals surface area contributed by atoms with Gasteiger partial charge in [0, 0.05) is 39.8 Å². The van der Waals surface area contributed by atoms with Gasteiger partial charge in [0.15, 0.2) is 5.78 Å². The first-order valence-electron chi connectivity index (χ1n) is 9.57. The first-order valence-corrected chi connectivity index (χ1v) is 12.0. The van der Waals surface area contributed by atoms with Crippen LogP contribution >= 0.6 is 23.5 Å². The maximum Gasteiger partial charge on any atom is 0.251 e. The van der Waals surface area contributed by atoms with Crippen molar-refractivity contribution in [2.24, 2.45) is 5.92 Å². The number of amides is 1. The molecule has 1 aromatic carbocycles. The van der Waals surface area contributed by atoms with Gasteiger partial charge in [-0.15, -0.1) is 0 Å². The highest BCUT2D eigenvalue weighted by Gasteiger charge is 2.23. The first-order chi connectivity index (χ1) is 12.5. The van der Waals surface area contributed by atoms with Crippen molar-refractivity contribution in [3.05, 3.63) is 35.4 Å². The molecule has 0 spiro atoms. The van der Waals surface area contributed by atoms with E-state index in [-0.39, 0.29) is 23.7 Å². The zero-order valence-electron chi connectivity index (χ0n) is 16.1. The molecule has 1 aliphatic carbocycles. The summed E-state index contributed by atoms with van der Waals surface area (Å²) in [6.07, 6.45) is 8.68. The predicted molar refractivity (Wildman–Crippen MR) is 115 cm³/mol. The summed E-state index contributed by atoms with van der Waals surface area (Å²) in [6.45, 7) is 3.87. The lowest BCUT2D eigenvalue weighted by Gasteiger charge is -2.23. The average molecular weight is 394 g/mol. The van der Waals surface area contributed by atoms with E-state index in [1.165, 1.54) is 32.1 Å². The highest BCUT2D eigenvalue weighted by atomic mass is 32.2. The molecule has 1 atom stereocenters. The van der Waals surface area contributed by atoms with E-state index in [0.717, 1.165) is 22.3 Å². The Labute approximate surface area is 166 Å². The average Bonchev–Trinajstić information content (AvgIpc) is 2.65. The summed E-state index contributed by atoms with van der Waals surface area (Å²) >= 11 is 3.72. The van der Waals surface area contributed by atoms with Crippen LogP contribution in [0.25, 0.3) is 0 Å². The zero-order valence-corrected chi connectivity index (χ0v) is 17.8. The van der Waals surface area contributed by atoms with Crippen molar-refractivity contribution in [2.45, 2.75) is 57.2 Å². The highest BCUT2D eigenvalue weighted by Crippen LogP contribution is 2.30. The Kier molecular flexibility index (Phi) is 9.06. The molecule has 0 aromatic heterocycles. The topological polar surface area (TPSA) is 46.2 Å². The minimum atomic E-state index is -0.0903. The van der Waals surface area contributed by atoms with Crippen LogP contribution < -0.4 is 5.32 Å². The number of thioether (sulfide) groups is 2. The summed E-state index contributed by atoms with van der Waals surface area (Å²) < 4.78 is 0. The van der Waals surface area contributed by atoms with Crippen molar-refractivity contribution >= 4 is 35.2 Å². The number of carbonyl (C=O) groups excluding carboxylic acids is 2. The van der Waals surface area contributed by atoms with Gasteiger partial charge in [0.25, 0.3) is 5.91 Å². The Balaban J connectivity index is 1.97. The fourth-order valence-corrected chi connectivity index (χ4v) is 5.51. The van der Waals surface area contributed by atoms with E-state index >= 15 is 0 Å². The minimum absolute atomic E-state index is 0.0484. The molecular formula is C21H31NO2S2. The van der Waals surface area contributed by atoms with Crippen LogP contribution in [-0.2, 0) is 0 Å². The lowest BCUT2D eigenvalue weighted by atomic mass is 9.99. The second-order valence-electron chi connectivity index (χ2n) is 7.32. The number of ketones is 1. The molecule has 144 valence electrons. The molecule has 2 rings (SSSR count). The standard InChI is InChI=1S/C21H31NO2S2/c1-15(2)22-21(24)17-11-9-16(10-12-17)20(23)18(13-25-3)14-26-19-7-5-4-6-8-19/h9-12,15,18-19H,4-8,13-14H2,1-3H3,(H,22,24). The molecule has 1 N–H and O–H groups in total. The highest BCUT2D eigenvalue weighted by molar-refractivity contribution is 8.00. The van der Waals surface area contributed by atoms with Gasteiger partial charge < -0.3 is 5.32 Å². The molecule has 1 aliphatic rings. The molecule has 5 heteroatoms. The minimum Gasteiger partial charge on any atom is -0.350 e. The Bertz CT molecular complexity index is 580. The largest absolute Gasteiger partial charge is 0.350 e. The predicted octanol–water partition coefficient (Wildman–Crippen LogP) is 5.05. The number of hydrogen-bond acceptors (Lipinski definition) is 4. The van der Waals surface area contributed by atoms with Gasteiger partial charge in [0.2, 0.25) is 0 Å². The molecule has 1 fully saturated rings. The van der Waals surface area contributed by atoms with Gasteiger partial charge in [-0.25, -0.2) is 0 Å². The van der Waals surface area contributed by atoms with E-state index in [1.54, 1.807) is 36.0 Å². The Morgan fingerprint density at radius 3 is 2.23 bits per heavy atom. The van der Waals surface area contributed by atoms with Crippen LogP contribution in [0, 0.1) is 5.92 Å². The molecule has 3 nitrogen and oxygen atoms in total. The first kappa shape index (κ1) is 21.4. The quantitative estimate of drug-likeness (QED) is 0.596. The fraction of sp³-hybridized carbons (Fsp3) is 0.619. The normalized spacial score (nSPS) is 16.5. The van der Waals surface area contributed by atoms with Crippen molar-refractivity contribution in [3.8, 4) is 0 Å². The van der Waals surface area contributed by atoms with Crippen LogP contribution in [0.1, 0.15) is 66.7 Å². The van der Waals surface area contributed by atoms with Gasteiger partial charge in [-0.2, -0.15) is 23.5 Å². The van der Waals surface area contributed by atoms with E-state index in [1.807, 2.05) is 25.6 Å². The van der Waals surface area contributed by atoms with Gasteiger partial charge in [-0.3, -0.25) is 9.59 Å². The lowest BCUT2D eigenvalue weighted by molar-refractivity contribution is 0.0932. The van der Waals surface area contributed by atoms with E-state index in [0.29, 0.717) is 5.56 Å². The SMILES string of the molecule is CSCC(CSC1CCCCC1)C(=O)c1ccc(C(=O)NC(C)C)cc1. The Hall–Kier alpha value is -0.940. The van der Waals surface area contributed by atoms with Crippen molar-refractivity contribution in [3.63, 3.8) is 0 Å². The van der Waals surface area contributed by atoms with Crippen LogP contribution in [0.2, 0.25) is 0 Å². The molecular weight excluding hydrogens is 362 g/mol. The lowest BCUT2D eigenvalue weighted by Crippen LogP contribution is -2.30. The van der Waals surface area contributed by atoms with Crippen LogP contribution in [0.3, 0.4) is 0 Å². The van der Waals surface area contributed by atoms with Gasteiger partial charge in [-0.1, -0.05) is 31.4 Å². The fourth-order valence-electron chi connectivity index (χ4n) is 3.25. The zero-order chi connectivity index (χ0) is 18.9. The number of nitrogens with one attached hydrogen (secondary N) is 1. The summed E-state index contributed by atoms with van der Waals surface area (Å²) in [6, 6.07) is 7.23. The third kappa shape index (κ3) is 6.66. The van der Waals surface area contributed by atoms with Crippen molar-refractivity contribution in [1.82, 2.24) is 5.32 Å². The van der Waals surface area contributed by atoms with E-state index in [4.69, 9.17) is 0 Å². The molecule has 1 amide bonds. The van der Waals surface area contributed by atoms with Crippen LogP contribution in [0.15, 0.2) is 24.3 Å². The van der Waals surface area contributed by atoms with Gasteiger partial charge in [0.05, 0.1) is 0 Å². The summed E-state index contributed by atoms with van der Waals surface area (Å²) in [5.74, 6) is 1.92. The van der Waals surface area contributed by atoms with E-state index in [2.05, 4.69) is 11.6 Å². The van der Waals surface area contributed by atoms with Crippen LogP contribution in [-0.4, -0.2) is 40.7 Å². The molecule has 0 radical (unpaired) electrons. The van der Waals surface area contributed by atoms with E-state index < -0.39 is 0 Å². The molecule has 0 bridgehead atoms. The molecule has 0 saturated heterocycles. The van der Waals surface area contributed by atoms with Crippen LogP contribution in [0.5, 0.6) is 0 Å². The third-order valence-corrected chi connectivity index (χ3v) is 6.95. The molecule has 26 heavy (non-hydrogen) atoms. The smallest absolute Gasteiger partial charge is 0.251 e. The number of Topliss-reactive ketones (excluding diaryl/α,β-unsaturated/α-hetero) is 1. The molecule has 1 saturated carbocycles. The number of carbonyl (C=O) groups is 2. The molecule has 1 unspecified atom stereocenters. The summed E-state index contributed by atoms with van der Waals surface area (Å²) in [7, 11) is 0. The van der Waals surface area contributed by atoms with Crippen LogP contribution in [0.4, 0.5) is 0 Å². The Morgan fingerprint density at radius 1 is 1.04 bits per heavy atom. The molecule has 0 aliphatic heterocycles. The maximum absolute atomic E-state index is 12.9. The van der Waals surface area contributed by atoms with Crippen molar-refractivity contribution in [2.75, 3.05) is 17.8 Å². The van der Waals surface area contributed by atoms with Gasteiger partial charge >= 0.3 is 0 Å². The van der Waals surface area contributed by atoms with Gasteiger partial charge in [0.1, 0.15) is 0 Å². The monoisotopic (exact) mass is 393 g/mol. The van der Waals surface area contributed by atoms with Crippen molar-refractivity contribution in [1.29, 1.82) is 0 Å². The third-order valence-electron chi connectivity index (χ3n) is 4.68. The summed E-state index contributed by atoms with van der Waals surface area (Å²) in [5.41, 5.74) is 1.32. The van der Waals surface area contributed by atoms with E-state index in [9.17, 15) is 9.59 Å².